The number of rotatable bonds is 5. The Morgan fingerprint density at radius 3 is 2.67 bits per heavy atom. The maximum atomic E-state index is 12.9. The van der Waals surface area contributed by atoms with E-state index < -0.39 is 11.2 Å². The highest BCUT2D eigenvalue weighted by Gasteiger charge is 2.19. The van der Waals surface area contributed by atoms with E-state index in [2.05, 4.69) is 15.0 Å². The van der Waals surface area contributed by atoms with E-state index in [4.69, 9.17) is 9.15 Å². The molecule has 0 N–H and O–H groups in total. The number of nitrogens with zero attached hydrogens (tertiary/aromatic N) is 5. The number of aromatic nitrogens is 5. The van der Waals surface area contributed by atoms with Crippen molar-refractivity contribution in [1.82, 2.24) is 24.1 Å². The third-order valence-corrected chi connectivity index (χ3v) is 4.82. The van der Waals surface area contributed by atoms with E-state index in [-0.39, 0.29) is 11.9 Å². The summed E-state index contributed by atoms with van der Waals surface area (Å²) in [5.41, 5.74) is 0.548. The van der Waals surface area contributed by atoms with E-state index in [0.29, 0.717) is 46.7 Å². The summed E-state index contributed by atoms with van der Waals surface area (Å²) in [6, 6.07) is 7.42. The minimum atomic E-state index is -0.482. The number of hydrogen-bond donors (Lipinski definition) is 0. The van der Waals surface area contributed by atoms with Gasteiger partial charge in [0, 0.05) is 13.2 Å². The zero-order valence-corrected chi connectivity index (χ0v) is 17.2. The molecule has 0 aliphatic carbocycles. The molecule has 9 nitrogen and oxygen atoms in total. The van der Waals surface area contributed by atoms with Crippen molar-refractivity contribution in [3.8, 4) is 17.2 Å². The van der Waals surface area contributed by atoms with Crippen molar-refractivity contribution < 1.29 is 9.15 Å². The number of benzene rings is 1. The molecular weight excluding hydrogens is 386 g/mol. The van der Waals surface area contributed by atoms with Crippen molar-refractivity contribution in [1.29, 1.82) is 0 Å². The number of para-hydroxylation sites is 1. The topological polar surface area (TPSA) is 105 Å². The average Bonchev–Trinajstić information content (AvgIpc) is 3.10. The Labute approximate surface area is 171 Å². The first-order chi connectivity index (χ1) is 14.4. The molecule has 154 valence electrons. The summed E-state index contributed by atoms with van der Waals surface area (Å²) in [5.74, 6) is 2.03. The van der Waals surface area contributed by atoms with Gasteiger partial charge in [-0.15, -0.1) is 0 Å². The summed E-state index contributed by atoms with van der Waals surface area (Å²) >= 11 is 0. The molecule has 0 bridgehead atoms. The summed E-state index contributed by atoms with van der Waals surface area (Å²) in [6.07, 6.45) is 1.44. The third-order valence-electron chi connectivity index (χ3n) is 4.82. The lowest BCUT2D eigenvalue weighted by molar-refractivity contribution is 0.340. The highest BCUT2D eigenvalue weighted by Crippen LogP contribution is 2.30. The van der Waals surface area contributed by atoms with E-state index in [1.54, 1.807) is 20.9 Å². The van der Waals surface area contributed by atoms with Crippen molar-refractivity contribution in [2.75, 3.05) is 6.61 Å². The van der Waals surface area contributed by atoms with Gasteiger partial charge >= 0.3 is 5.69 Å². The van der Waals surface area contributed by atoms with Gasteiger partial charge in [-0.1, -0.05) is 12.1 Å². The van der Waals surface area contributed by atoms with Gasteiger partial charge in [0.25, 0.3) is 5.56 Å². The Bertz CT molecular complexity index is 1370. The molecule has 0 saturated heterocycles. The first-order valence-corrected chi connectivity index (χ1v) is 9.52. The van der Waals surface area contributed by atoms with Crippen LogP contribution in [0, 0.1) is 13.8 Å². The van der Waals surface area contributed by atoms with Crippen LogP contribution in [-0.2, 0) is 13.6 Å². The molecule has 1 aromatic carbocycles. The average molecular weight is 407 g/mol. The number of ether oxygens (including phenoxy) is 1. The largest absolute Gasteiger partial charge is 0.493 e. The molecule has 0 aliphatic rings. The number of oxazole rings is 1. The van der Waals surface area contributed by atoms with Gasteiger partial charge in [-0.05, 0) is 32.9 Å². The zero-order chi connectivity index (χ0) is 21.4. The molecule has 4 aromatic rings. The molecule has 4 rings (SSSR count). The van der Waals surface area contributed by atoms with Gasteiger partial charge in [-0.3, -0.25) is 13.9 Å². The Balaban J connectivity index is 1.80. The van der Waals surface area contributed by atoms with Crippen molar-refractivity contribution in [2.45, 2.75) is 27.3 Å². The van der Waals surface area contributed by atoms with Gasteiger partial charge in [0.15, 0.2) is 5.65 Å². The van der Waals surface area contributed by atoms with Crippen molar-refractivity contribution in [2.24, 2.45) is 7.05 Å². The van der Waals surface area contributed by atoms with Crippen molar-refractivity contribution >= 4 is 11.0 Å². The molecule has 0 amide bonds. The lowest BCUT2D eigenvalue weighted by atomic mass is 10.2. The Kier molecular flexibility index (Phi) is 4.94. The lowest BCUT2D eigenvalue weighted by Crippen LogP contribution is -2.40. The van der Waals surface area contributed by atoms with Crippen LogP contribution in [0.1, 0.15) is 24.2 Å². The van der Waals surface area contributed by atoms with Crippen LogP contribution in [0.25, 0.3) is 22.5 Å². The minimum Gasteiger partial charge on any atom is -0.493 e. The number of aryl methyl sites for hydroxylation is 3. The number of hydrogen-bond acceptors (Lipinski definition) is 7. The van der Waals surface area contributed by atoms with Crippen LogP contribution in [0.3, 0.4) is 0 Å². The van der Waals surface area contributed by atoms with Crippen LogP contribution in [0.4, 0.5) is 0 Å². The standard InChI is InChI=1S/C21H21N5O4/c1-5-29-17-9-7-6-8-14(17)19-24-16(12(2)30-19)11-26-20(27)15-10-22-13(3)23-18(15)25(4)21(26)28/h6-10H,5,11H2,1-4H3. The quantitative estimate of drug-likeness (QED) is 0.499. The smallest absolute Gasteiger partial charge is 0.332 e. The minimum absolute atomic E-state index is 0.0263. The molecule has 0 radical (unpaired) electrons. The fourth-order valence-corrected chi connectivity index (χ4v) is 3.27. The Morgan fingerprint density at radius 1 is 1.13 bits per heavy atom. The van der Waals surface area contributed by atoms with E-state index >= 15 is 0 Å². The summed E-state index contributed by atoms with van der Waals surface area (Å²) in [5, 5.41) is 0.269. The second kappa shape index (κ2) is 7.58. The molecular formula is C21H21N5O4. The molecule has 30 heavy (non-hydrogen) atoms. The van der Waals surface area contributed by atoms with E-state index in [1.807, 2.05) is 31.2 Å². The fraction of sp³-hybridized carbons (Fsp3) is 0.286. The van der Waals surface area contributed by atoms with Crippen LogP contribution < -0.4 is 16.0 Å². The van der Waals surface area contributed by atoms with Gasteiger partial charge in [-0.25, -0.2) is 19.7 Å². The van der Waals surface area contributed by atoms with Crippen LogP contribution in [0.2, 0.25) is 0 Å². The summed E-state index contributed by atoms with van der Waals surface area (Å²) in [4.78, 5) is 38.6. The second-order valence-electron chi connectivity index (χ2n) is 6.84. The van der Waals surface area contributed by atoms with Gasteiger partial charge in [0.2, 0.25) is 5.89 Å². The maximum Gasteiger partial charge on any atom is 0.332 e. The molecule has 0 aliphatic heterocycles. The lowest BCUT2D eigenvalue weighted by Gasteiger charge is -2.09. The summed E-state index contributed by atoms with van der Waals surface area (Å²) in [7, 11) is 1.58. The maximum absolute atomic E-state index is 12.9. The molecule has 0 fully saturated rings. The number of fused-ring (bicyclic) bond motifs is 1. The van der Waals surface area contributed by atoms with Crippen LogP contribution in [0.15, 0.2) is 44.5 Å². The van der Waals surface area contributed by atoms with Gasteiger partial charge < -0.3 is 9.15 Å². The normalized spacial score (nSPS) is 11.2. The van der Waals surface area contributed by atoms with E-state index in [9.17, 15) is 9.59 Å². The highest BCUT2D eigenvalue weighted by molar-refractivity contribution is 5.72. The van der Waals surface area contributed by atoms with Crippen LogP contribution in [-0.4, -0.2) is 30.7 Å². The zero-order valence-electron chi connectivity index (χ0n) is 17.2. The van der Waals surface area contributed by atoms with Crippen molar-refractivity contribution in [3.63, 3.8) is 0 Å². The summed E-state index contributed by atoms with van der Waals surface area (Å²) in [6.45, 7) is 5.83. The molecule has 0 unspecified atom stereocenters. The SMILES string of the molecule is CCOc1ccccc1-c1nc(Cn2c(=O)c3cnc(C)nc3n(C)c2=O)c(C)o1. The monoisotopic (exact) mass is 407 g/mol. The molecule has 3 aromatic heterocycles. The Hall–Kier alpha value is -3.75. The van der Waals surface area contributed by atoms with Gasteiger partial charge in [0.05, 0.1) is 18.7 Å². The molecule has 3 heterocycles. The first kappa shape index (κ1) is 19.6. The molecule has 0 atom stereocenters. The van der Waals surface area contributed by atoms with Gasteiger partial charge in [-0.2, -0.15) is 0 Å². The first-order valence-electron chi connectivity index (χ1n) is 9.52. The third kappa shape index (κ3) is 3.28. The van der Waals surface area contributed by atoms with Crippen LogP contribution >= 0.6 is 0 Å². The molecule has 9 heteroatoms. The Morgan fingerprint density at radius 2 is 1.90 bits per heavy atom. The van der Waals surface area contributed by atoms with Gasteiger partial charge in [0.1, 0.15) is 28.4 Å². The van der Waals surface area contributed by atoms with Crippen molar-refractivity contribution in [3.05, 3.63) is 68.6 Å². The fourth-order valence-electron chi connectivity index (χ4n) is 3.27. The van der Waals surface area contributed by atoms with E-state index in [1.165, 1.54) is 10.8 Å². The van der Waals surface area contributed by atoms with E-state index in [0.717, 1.165) is 4.57 Å². The highest BCUT2D eigenvalue weighted by atomic mass is 16.5. The predicted octanol–water partition coefficient (Wildman–Crippen LogP) is 2.21. The summed E-state index contributed by atoms with van der Waals surface area (Å²) < 4.78 is 13.9. The molecule has 0 spiro atoms. The van der Waals surface area contributed by atoms with Crippen LogP contribution in [0.5, 0.6) is 5.75 Å². The second-order valence-corrected chi connectivity index (χ2v) is 6.84. The predicted molar refractivity (Wildman–Crippen MR) is 111 cm³/mol. The molecule has 0 saturated carbocycles.